The molecule has 26 heavy (non-hydrogen) atoms. The maximum Gasteiger partial charge on any atom is 0.348 e. The number of ether oxygens (including phenoxy) is 2. The molecule has 0 spiro atoms. The van der Waals surface area contributed by atoms with E-state index in [1.54, 1.807) is 6.92 Å². The van der Waals surface area contributed by atoms with Crippen LogP contribution in [0.25, 0.3) is 0 Å². The SMILES string of the molecule is COC(=O)c1sc(NC(=O)CN(C)C2CCCCC2)c(C(=O)OC)c1C. The molecule has 1 fully saturated rings. The van der Waals surface area contributed by atoms with Gasteiger partial charge in [-0.05, 0) is 32.4 Å². The van der Waals surface area contributed by atoms with Crippen LogP contribution in [0.4, 0.5) is 5.00 Å². The molecule has 0 radical (unpaired) electrons. The Labute approximate surface area is 157 Å². The van der Waals surface area contributed by atoms with Crippen molar-refractivity contribution < 1.29 is 23.9 Å². The van der Waals surface area contributed by atoms with Gasteiger partial charge in [0.1, 0.15) is 9.88 Å². The van der Waals surface area contributed by atoms with Crippen LogP contribution < -0.4 is 5.32 Å². The van der Waals surface area contributed by atoms with Gasteiger partial charge in [-0.3, -0.25) is 9.69 Å². The largest absolute Gasteiger partial charge is 0.465 e. The lowest BCUT2D eigenvalue weighted by molar-refractivity contribution is -0.117. The fraction of sp³-hybridized carbons (Fsp3) is 0.611. The maximum atomic E-state index is 12.5. The summed E-state index contributed by atoms with van der Waals surface area (Å²) in [5, 5.41) is 3.08. The van der Waals surface area contributed by atoms with Gasteiger partial charge in [0, 0.05) is 6.04 Å². The van der Waals surface area contributed by atoms with E-state index in [0.29, 0.717) is 16.6 Å². The number of rotatable bonds is 6. The normalized spacial score (nSPS) is 15.0. The molecule has 1 aliphatic rings. The molecule has 0 aromatic carbocycles. The molecule has 1 amide bonds. The Bertz CT molecular complexity index is 679. The average molecular weight is 382 g/mol. The van der Waals surface area contributed by atoms with Crippen LogP contribution in [0.1, 0.15) is 57.7 Å². The molecule has 8 heteroatoms. The zero-order valence-corrected chi connectivity index (χ0v) is 16.5. The summed E-state index contributed by atoms with van der Waals surface area (Å²) in [5.41, 5.74) is 0.649. The first kappa shape index (κ1) is 20.4. The van der Waals surface area contributed by atoms with Crippen LogP contribution in [-0.2, 0) is 14.3 Å². The summed E-state index contributed by atoms with van der Waals surface area (Å²) >= 11 is 1.03. The summed E-state index contributed by atoms with van der Waals surface area (Å²) in [6, 6.07) is 0.408. The van der Waals surface area contributed by atoms with Gasteiger partial charge in [0.05, 0.1) is 26.3 Å². The molecule has 144 valence electrons. The summed E-state index contributed by atoms with van der Waals surface area (Å²) in [7, 11) is 4.48. The minimum atomic E-state index is -0.593. The molecular weight excluding hydrogens is 356 g/mol. The molecule has 1 N–H and O–H groups in total. The van der Waals surface area contributed by atoms with E-state index in [9.17, 15) is 14.4 Å². The van der Waals surface area contributed by atoms with Gasteiger partial charge in [0.25, 0.3) is 0 Å². The topological polar surface area (TPSA) is 84.9 Å². The molecule has 1 aliphatic carbocycles. The van der Waals surface area contributed by atoms with Gasteiger partial charge >= 0.3 is 11.9 Å². The van der Waals surface area contributed by atoms with Crippen LogP contribution in [0.2, 0.25) is 0 Å². The lowest BCUT2D eigenvalue weighted by atomic mass is 9.94. The van der Waals surface area contributed by atoms with Crippen molar-refractivity contribution in [2.24, 2.45) is 0 Å². The molecule has 1 heterocycles. The monoisotopic (exact) mass is 382 g/mol. The average Bonchev–Trinajstić information content (AvgIpc) is 2.96. The number of nitrogens with zero attached hydrogens (tertiary/aromatic N) is 1. The number of amides is 1. The highest BCUT2D eigenvalue weighted by Crippen LogP contribution is 2.34. The minimum absolute atomic E-state index is 0.201. The molecular formula is C18H26N2O5S. The first-order chi connectivity index (χ1) is 12.4. The summed E-state index contributed by atoms with van der Waals surface area (Å²) < 4.78 is 9.54. The number of carbonyl (C=O) groups excluding carboxylic acids is 3. The van der Waals surface area contributed by atoms with Crippen molar-refractivity contribution in [2.75, 3.05) is 33.1 Å². The van der Waals surface area contributed by atoms with E-state index < -0.39 is 11.9 Å². The van der Waals surface area contributed by atoms with Crippen LogP contribution in [0, 0.1) is 6.92 Å². The predicted molar refractivity (Wildman–Crippen MR) is 99.9 cm³/mol. The quantitative estimate of drug-likeness (QED) is 0.762. The summed E-state index contributed by atoms with van der Waals surface area (Å²) in [4.78, 5) is 38.8. The fourth-order valence-corrected chi connectivity index (χ4v) is 4.41. The second kappa shape index (κ2) is 9.14. The first-order valence-corrected chi connectivity index (χ1v) is 9.50. The zero-order chi connectivity index (χ0) is 19.3. The van der Waals surface area contributed by atoms with Gasteiger partial charge in [0.15, 0.2) is 0 Å². The van der Waals surface area contributed by atoms with E-state index in [1.807, 2.05) is 11.9 Å². The Balaban J connectivity index is 2.15. The summed E-state index contributed by atoms with van der Waals surface area (Å²) in [6.07, 6.45) is 5.83. The number of hydrogen-bond acceptors (Lipinski definition) is 7. The maximum absolute atomic E-state index is 12.5. The van der Waals surface area contributed by atoms with E-state index >= 15 is 0 Å². The molecule has 1 aromatic rings. The van der Waals surface area contributed by atoms with Crippen LogP contribution in [-0.4, -0.2) is 56.6 Å². The number of anilines is 1. The van der Waals surface area contributed by atoms with Crippen molar-refractivity contribution in [3.8, 4) is 0 Å². The molecule has 0 bridgehead atoms. The van der Waals surface area contributed by atoms with E-state index in [0.717, 1.165) is 24.2 Å². The zero-order valence-electron chi connectivity index (χ0n) is 15.7. The third-order valence-corrected chi connectivity index (χ3v) is 5.94. The van der Waals surface area contributed by atoms with E-state index in [-0.39, 0.29) is 22.9 Å². The Morgan fingerprint density at radius 3 is 2.31 bits per heavy atom. The van der Waals surface area contributed by atoms with Crippen molar-refractivity contribution in [3.63, 3.8) is 0 Å². The number of hydrogen-bond donors (Lipinski definition) is 1. The lowest BCUT2D eigenvalue weighted by Crippen LogP contribution is -2.39. The highest BCUT2D eigenvalue weighted by molar-refractivity contribution is 7.18. The molecule has 2 rings (SSSR count). The summed E-state index contributed by atoms with van der Waals surface area (Å²) in [6.45, 7) is 1.87. The van der Waals surface area contributed by atoms with Gasteiger partial charge < -0.3 is 14.8 Å². The third kappa shape index (κ3) is 4.62. The van der Waals surface area contributed by atoms with Crippen LogP contribution in [0.15, 0.2) is 0 Å². The van der Waals surface area contributed by atoms with Crippen molar-refractivity contribution in [3.05, 3.63) is 16.0 Å². The Hall–Kier alpha value is -1.93. The molecule has 0 saturated heterocycles. The highest BCUT2D eigenvalue weighted by Gasteiger charge is 2.27. The Kier molecular flexibility index (Phi) is 7.16. The van der Waals surface area contributed by atoms with Crippen LogP contribution in [0.3, 0.4) is 0 Å². The van der Waals surface area contributed by atoms with Crippen molar-refractivity contribution in [2.45, 2.75) is 45.1 Å². The smallest absolute Gasteiger partial charge is 0.348 e. The van der Waals surface area contributed by atoms with Gasteiger partial charge in [-0.2, -0.15) is 0 Å². The molecule has 1 aromatic heterocycles. The molecule has 1 saturated carbocycles. The number of carbonyl (C=O) groups is 3. The van der Waals surface area contributed by atoms with Gasteiger partial charge in [-0.15, -0.1) is 11.3 Å². The Morgan fingerprint density at radius 1 is 1.12 bits per heavy atom. The van der Waals surface area contributed by atoms with Crippen molar-refractivity contribution in [1.82, 2.24) is 4.90 Å². The Morgan fingerprint density at radius 2 is 1.73 bits per heavy atom. The van der Waals surface area contributed by atoms with E-state index in [4.69, 9.17) is 9.47 Å². The van der Waals surface area contributed by atoms with Gasteiger partial charge in [0.2, 0.25) is 5.91 Å². The lowest BCUT2D eigenvalue weighted by Gasteiger charge is -2.30. The number of nitrogens with one attached hydrogen (secondary N) is 1. The van der Waals surface area contributed by atoms with E-state index in [1.165, 1.54) is 33.5 Å². The van der Waals surface area contributed by atoms with Crippen molar-refractivity contribution >= 4 is 34.2 Å². The van der Waals surface area contributed by atoms with Gasteiger partial charge in [-0.1, -0.05) is 19.3 Å². The standard InChI is InChI=1S/C18H26N2O5S/c1-11-14(17(22)24-3)16(26-15(11)18(23)25-4)19-13(21)10-20(2)12-8-6-5-7-9-12/h12H,5-10H2,1-4H3,(H,19,21). The van der Waals surface area contributed by atoms with E-state index in [2.05, 4.69) is 5.32 Å². The molecule has 0 atom stereocenters. The first-order valence-electron chi connectivity index (χ1n) is 8.69. The second-order valence-corrected chi connectivity index (χ2v) is 7.52. The highest BCUT2D eigenvalue weighted by atomic mass is 32.1. The number of thiophene rings is 1. The molecule has 7 nitrogen and oxygen atoms in total. The molecule has 0 unspecified atom stereocenters. The predicted octanol–water partition coefficient (Wildman–Crippen LogP) is 2.83. The fourth-order valence-electron chi connectivity index (χ4n) is 3.28. The minimum Gasteiger partial charge on any atom is -0.465 e. The number of esters is 2. The third-order valence-electron chi connectivity index (χ3n) is 4.75. The second-order valence-electron chi connectivity index (χ2n) is 6.50. The summed E-state index contributed by atoms with van der Waals surface area (Å²) in [5.74, 6) is -1.36. The molecule has 0 aliphatic heterocycles. The van der Waals surface area contributed by atoms with Crippen molar-refractivity contribution in [1.29, 1.82) is 0 Å². The van der Waals surface area contributed by atoms with Crippen LogP contribution >= 0.6 is 11.3 Å². The van der Waals surface area contributed by atoms with Gasteiger partial charge in [-0.25, -0.2) is 9.59 Å². The number of likely N-dealkylation sites (N-methyl/N-ethyl adjacent to an activating group) is 1. The number of methoxy groups -OCH3 is 2. The van der Waals surface area contributed by atoms with Crippen LogP contribution in [0.5, 0.6) is 0 Å².